The summed E-state index contributed by atoms with van der Waals surface area (Å²) in [5.74, 6) is 0.248. The second-order valence-electron chi connectivity index (χ2n) is 4.50. The van der Waals surface area contributed by atoms with Gasteiger partial charge in [-0.2, -0.15) is 0 Å². The molecule has 7 heteroatoms. The maximum absolute atomic E-state index is 12.5. The van der Waals surface area contributed by atoms with E-state index in [2.05, 4.69) is 4.72 Å². The summed E-state index contributed by atoms with van der Waals surface area (Å²) in [6, 6.07) is 7.99. The van der Waals surface area contributed by atoms with Crippen LogP contribution in [0.15, 0.2) is 40.6 Å². The predicted octanol–water partition coefficient (Wildman–Crippen LogP) is 2.29. The second kappa shape index (κ2) is 6.57. The Balaban J connectivity index is 2.34. The molecule has 1 heterocycles. The zero-order valence-corrected chi connectivity index (χ0v) is 13.4. The Bertz CT molecular complexity index is 696. The predicted molar refractivity (Wildman–Crippen MR) is 82.0 cm³/mol. The highest BCUT2D eigenvalue weighted by Gasteiger charge is 2.23. The van der Waals surface area contributed by atoms with Crippen molar-refractivity contribution in [1.82, 2.24) is 4.72 Å². The molecular weight excluding hydrogens is 310 g/mol. The van der Waals surface area contributed by atoms with Gasteiger partial charge in [0.15, 0.2) is 0 Å². The van der Waals surface area contributed by atoms with Gasteiger partial charge in [0, 0.05) is 4.88 Å². The molecule has 0 saturated heterocycles. The number of nitrogens with one attached hydrogen (secondary N) is 1. The van der Waals surface area contributed by atoms with Crippen molar-refractivity contribution in [1.29, 1.82) is 0 Å². The maximum Gasteiger partial charge on any atom is 0.244 e. The van der Waals surface area contributed by atoms with E-state index in [4.69, 9.17) is 9.84 Å². The molecule has 5 nitrogen and oxygen atoms in total. The third-order valence-corrected chi connectivity index (χ3v) is 5.62. The fourth-order valence-electron chi connectivity index (χ4n) is 1.92. The Kier molecular flexibility index (Phi) is 5.00. The molecule has 0 radical (unpaired) electrons. The minimum atomic E-state index is -3.74. The van der Waals surface area contributed by atoms with Crippen LogP contribution in [0.4, 0.5) is 0 Å². The lowest BCUT2D eigenvalue weighted by Gasteiger charge is -2.15. The minimum Gasteiger partial charge on any atom is -0.495 e. The number of benzene rings is 1. The first kappa shape index (κ1) is 16.0. The Morgan fingerprint density at radius 1 is 1.38 bits per heavy atom. The summed E-state index contributed by atoms with van der Waals surface area (Å²) in [6.07, 6.45) is 0. The first-order valence-electron chi connectivity index (χ1n) is 6.31. The van der Waals surface area contributed by atoms with Crippen LogP contribution < -0.4 is 9.46 Å². The average molecular weight is 327 g/mol. The first-order chi connectivity index (χ1) is 9.97. The van der Waals surface area contributed by atoms with Crippen molar-refractivity contribution in [2.75, 3.05) is 7.11 Å². The van der Waals surface area contributed by atoms with Gasteiger partial charge in [0.25, 0.3) is 0 Å². The lowest BCUT2D eigenvalue weighted by molar-refractivity contribution is 0.281. The third kappa shape index (κ3) is 3.62. The van der Waals surface area contributed by atoms with Crippen molar-refractivity contribution >= 4 is 21.4 Å². The van der Waals surface area contributed by atoms with E-state index in [9.17, 15) is 8.42 Å². The number of thiophene rings is 1. The summed E-state index contributed by atoms with van der Waals surface area (Å²) in [5.41, 5.74) is 0.514. The second-order valence-corrected chi connectivity index (χ2v) is 7.16. The van der Waals surface area contributed by atoms with Gasteiger partial charge in [0.05, 0.1) is 19.8 Å². The summed E-state index contributed by atoms with van der Waals surface area (Å²) in [6.45, 7) is 1.55. The molecule has 2 N–H and O–H groups in total. The van der Waals surface area contributed by atoms with Gasteiger partial charge in [0.1, 0.15) is 10.6 Å². The molecule has 114 valence electrons. The van der Waals surface area contributed by atoms with Crippen LogP contribution in [-0.2, 0) is 16.6 Å². The molecular formula is C14H17NO4S2. The van der Waals surface area contributed by atoms with E-state index in [1.807, 2.05) is 17.5 Å². The fourth-order valence-corrected chi connectivity index (χ4v) is 4.17. The van der Waals surface area contributed by atoms with Crippen LogP contribution in [0.3, 0.4) is 0 Å². The van der Waals surface area contributed by atoms with E-state index in [1.165, 1.54) is 30.6 Å². The summed E-state index contributed by atoms with van der Waals surface area (Å²) in [7, 11) is -2.33. The van der Waals surface area contributed by atoms with Crippen LogP contribution in [-0.4, -0.2) is 20.6 Å². The molecule has 0 aliphatic rings. The van der Waals surface area contributed by atoms with Crippen molar-refractivity contribution < 1.29 is 18.3 Å². The molecule has 0 aliphatic heterocycles. The van der Waals surface area contributed by atoms with E-state index in [0.29, 0.717) is 5.56 Å². The van der Waals surface area contributed by atoms with E-state index in [1.54, 1.807) is 13.0 Å². The summed E-state index contributed by atoms with van der Waals surface area (Å²) in [5, 5.41) is 11.1. The van der Waals surface area contributed by atoms with Crippen LogP contribution >= 0.6 is 11.3 Å². The highest BCUT2D eigenvalue weighted by Crippen LogP contribution is 2.27. The van der Waals surface area contributed by atoms with Crippen molar-refractivity contribution in [2.45, 2.75) is 24.5 Å². The molecule has 0 fully saturated rings. The Morgan fingerprint density at radius 3 is 2.71 bits per heavy atom. The Morgan fingerprint density at radius 2 is 2.14 bits per heavy atom. The van der Waals surface area contributed by atoms with Crippen LogP contribution in [0.2, 0.25) is 0 Å². The Labute approximate surface area is 128 Å². The molecule has 1 unspecified atom stereocenters. The molecule has 0 amide bonds. The highest BCUT2D eigenvalue weighted by atomic mass is 32.2. The summed E-state index contributed by atoms with van der Waals surface area (Å²) >= 11 is 1.49. The number of hydrogen-bond donors (Lipinski definition) is 2. The van der Waals surface area contributed by atoms with E-state index in [-0.39, 0.29) is 23.3 Å². The zero-order valence-electron chi connectivity index (χ0n) is 11.7. The third-order valence-electron chi connectivity index (χ3n) is 3.00. The van der Waals surface area contributed by atoms with Crippen LogP contribution in [0.1, 0.15) is 23.4 Å². The number of ether oxygens (including phenoxy) is 1. The van der Waals surface area contributed by atoms with Crippen LogP contribution in [0.5, 0.6) is 5.75 Å². The van der Waals surface area contributed by atoms with Gasteiger partial charge in [-0.1, -0.05) is 12.1 Å². The van der Waals surface area contributed by atoms with Crippen molar-refractivity contribution in [2.24, 2.45) is 0 Å². The van der Waals surface area contributed by atoms with Gasteiger partial charge in [-0.05, 0) is 36.1 Å². The monoisotopic (exact) mass is 327 g/mol. The molecule has 1 atom stereocenters. The van der Waals surface area contributed by atoms with E-state index >= 15 is 0 Å². The minimum absolute atomic E-state index is 0.0277. The smallest absolute Gasteiger partial charge is 0.244 e. The van der Waals surface area contributed by atoms with Gasteiger partial charge >= 0.3 is 0 Å². The normalized spacial score (nSPS) is 13.1. The van der Waals surface area contributed by atoms with Gasteiger partial charge in [0.2, 0.25) is 10.0 Å². The van der Waals surface area contributed by atoms with Gasteiger partial charge in [-0.3, -0.25) is 0 Å². The van der Waals surface area contributed by atoms with Crippen LogP contribution in [0, 0.1) is 0 Å². The number of aliphatic hydroxyl groups excluding tert-OH is 1. The molecule has 2 rings (SSSR count). The summed E-state index contributed by atoms with van der Waals surface area (Å²) in [4.78, 5) is 0.954. The number of rotatable bonds is 6. The number of aliphatic hydroxyl groups is 1. The number of hydrogen-bond acceptors (Lipinski definition) is 5. The number of sulfonamides is 1. The van der Waals surface area contributed by atoms with Gasteiger partial charge in [-0.25, -0.2) is 13.1 Å². The molecule has 0 spiro atoms. The first-order valence-corrected chi connectivity index (χ1v) is 8.67. The van der Waals surface area contributed by atoms with E-state index in [0.717, 1.165) is 4.88 Å². The highest BCUT2D eigenvalue weighted by molar-refractivity contribution is 7.89. The molecule has 2 aromatic rings. The largest absolute Gasteiger partial charge is 0.495 e. The molecule has 1 aromatic heterocycles. The lowest BCUT2D eigenvalue weighted by Crippen LogP contribution is -2.27. The Hall–Kier alpha value is -1.41. The lowest BCUT2D eigenvalue weighted by atomic mass is 10.2. The topological polar surface area (TPSA) is 75.6 Å². The maximum atomic E-state index is 12.5. The van der Waals surface area contributed by atoms with Gasteiger partial charge in [-0.15, -0.1) is 11.3 Å². The summed E-state index contributed by atoms with van der Waals surface area (Å²) < 4.78 is 32.8. The van der Waals surface area contributed by atoms with Crippen molar-refractivity contribution in [3.63, 3.8) is 0 Å². The molecule has 21 heavy (non-hydrogen) atoms. The van der Waals surface area contributed by atoms with Gasteiger partial charge < -0.3 is 9.84 Å². The molecule has 0 bridgehead atoms. The zero-order chi connectivity index (χ0) is 15.5. The quantitative estimate of drug-likeness (QED) is 0.853. The number of methoxy groups -OCH3 is 1. The SMILES string of the molecule is COc1ccc(CO)cc1S(=O)(=O)NC(C)c1cccs1. The van der Waals surface area contributed by atoms with Crippen LogP contribution in [0.25, 0.3) is 0 Å². The fraction of sp³-hybridized carbons (Fsp3) is 0.286. The average Bonchev–Trinajstić information content (AvgIpc) is 3.00. The molecule has 1 aromatic carbocycles. The molecule has 0 saturated carbocycles. The molecule has 0 aliphatic carbocycles. The van der Waals surface area contributed by atoms with E-state index < -0.39 is 10.0 Å². The standard InChI is InChI=1S/C14H17NO4S2/c1-10(13-4-3-7-20-13)15-21(17,18)14-8-11(9-16)5-6-12(14)19-2/h3-8,10,15-16H,9H2,1-2H3. The van der Waals surface area contributed by atoms with Crippen molar-refractivity contribution in [3.8, 4) is 5.75 Å². The van der Waals surface area contributed by atoms with Crippen molar-refractivity contribution in [3.05, 3.63) is 46.2 Å².